The molecule has 1 aliphatic carbocycles. The second-order valence-electron chi connectivity index (χ2n) is 6.41. The molecule has 0 radical (unpaired) electrons. The van der Waals surface area contributed by atoms with Gasteiger partial charge in [-0.3, -0.25) is 0 Å². The van der Waals surface area contributed by atoms with Crippen LogP contribution in [-0.2, 0) is 6.54 Å². The highest BCUT2D eigenvalue weighted by Gasteiger charge is 2.19. The molecule has 1 aliphatic rings. The Morgan fingerprint density at radius 2 is 1.67 bits per heavy atom. The lowest BCUT2D eigenvalue weighted by Crippen LogP contribution is -2.34. The van der Waals surface area contributed by atoms with Crippen LogP contribution in [0.5, 0.6) is 0 Å². The summed E-state index contributed by atoms with van der Waals surface area (Å²) in [6.07, 6.45) is 7.12. The average molecular weight is 288 g/mol. The number of rotatable bonds is 7. The minimum atomic E-state index is 0.646. The fourth-order valence-electron chi connectivity index (χ4n) is 3.49. The zero-order valence-corrected chi connectivity index (χ0v) is 14.1. The molecule has 2 rings (SSSR count). The number of hydrogen-bond donors (Lipinski definition) is 1. The fraction of sp³-hybridized carbons (Fsp3) is 0.684. The SMILES string of the molecule is CCN(CC)c1ccc(CN[C@H](C)C2CCCCC2)cc1. The van der Waals surface area contributed by atoms with Crippen molar-refractivity contribution in [3.8, 4) is 0 Å². The van der Waals surface area contributed by atoms with Crippen LogP contribution in [0.1, 0.15) is 58.4 Å². The number of hydrogen-bond acceptors (Lipinski definition) is 2. The molecule has 1 N–H and O–H groups in total. The quantitative estimate of drug-likeness (QED) is 0.789. The summed E-state index contributed by atoms with van der Waals surface area (Å²) in [4.78, 5) is 2.39. The van der Waals surface area contributed by atoms with Crippen LogP contribution in [0.2, 0.25) is 0 Å². The van der Waals surface area contributed by atoms with Gasteiger partial charge >= 0.3 is 0 Å². The van der Waals surface area contributed by atoms with E-state index in [0.717, 1.165) is 25.6 Å². The van der Waals surface area contributed by atoms with E-state index in [1.165, 1.54) is 43.4 Å². The Bertz CT molecular complexity index is 389. The first kappa shape index (κ1) is 16.4. The fourth-order valence-corrected chi connectivity index (χ4v) is 3.49. The predicted molar refractivity (Wildman–Crippen MR) is 92.9 cm³/mol. The maximum Gasteiger partial charge on any atom is 0.0366 e. The summed E-state index contributed by atoms with van der Waals surface area (Å²) in [5.74, 6) is 0.883. The van der Waals surface area contributed by atoms with Gasteiger partial charge in [0.2, 0.25) is 0 Å². The number of nitrogens with zero attached hydrogens (tertiary/aromatic N) is 1. The summed E-state index contributed by atoms with van der Waals surface area (Å²) < 4.78 is 0. The second-order valence-corrected chi connectivity index (χ2v) is 6.41. The van der Waals surface area contributed by atoms with Crippen LogP contribution < -0.4 is 10.2 Å². The van der Waals surface area contributed by atoms with E-state index >= 15 is 0 Å². The van der Waals surface area contributed by atoms with E-state index in [2.05, 4.69) is 55.3 Å². The zero-order chi connectivity index (χ0) is 15.1. The molecule has 21 heavy (non-hydrogen) atoms. The lowest BCUT2D eigenvalue weighted by atomic mass is 9.84. The highest BCUT2D eigenvalue weighted by molar-refractivity contribution is 5.47. The highest BCUT2D eigenvalue weighted by Crippen LogP contribution is 2.26. The molecule has 0 aliphatic heterocycles. The highest BCUT2D eigenvalue weighted by atomic mass is 15.1. The van der Waals surface area contributed by atoms with Crippen molar-refractivity contribution in [1.29, 1.82) is 0 Å². The molecule has 0 saturated heterocycles. The summed E-state index contributed by atoms with van der Waals surface area (Å²) in [5, 5.41) is 3.73. The molecule has 0 bridgehead atoms. The maximum absolute atomic E-state index is 3.73. The monoisotopic (exact) mass is 288 g/mol. The molecule has 0 heterocycles. The van der Waals surface area contributed by atoms with Crippen LogP contribution in [0.3, 0.4) is 0 Å². The van der Waals surface area contributed by atoms with Crippen LogP contribution in [-0.4, -0.2) is 19.1 Å². The topological polar surface area (TPSA) is 15.3 Å². The maximum atomic E-state index is 3.73. The van der Waals surface area contributed by atoms with Gasteiger partial charge in [0.15, 0.2) is 0 Å². The van der Waals surface area contributed by atoms with Gasteiger partial charge in [-0.15, -0.1) is 0 Å². The van der Waals surface area contributed by atoms with Crippen molar-refractivity contribution in [2.24, 2.45) is 5.92 Å². The van der Waals surface area contributed by atoms with Crippen LogP contribution in [0, 0.1) is 5.92 Å². The largest absolute Gasteiger partial charge is 0.372 e. The van der Waals surface area contributed by atoms with Crippen molar-refractivity contribution >= 4 is 5.69 Å². The minimum absolute atomic E-state index is 0.646. The van der Waals surface area contributed by atoms with Gasteiger partial charge in [-0.2, -0.15) is 0 Å². The average Bonchev–Trinajstić information content (AvgIpc) is 2.55. The van der Waals surface area contributed by atoms with Crippen molar-refractivity contribution < 1.29 is 0 Å². The number of anilines is 1. The molecule has 0 spiro atoms. The molecule has 0 amide bonds. The van der Waals surface area contributed by atoms with Gasteiger partial charge in [-0.1, -0.05) is 31.4 Å². The Balaban J connectivity index is 1.82. The molecule has 1 aromatic carbocycles. The molecule has 2 nitrogen and oxygen atoms in total. The molecule has 1 fully saturated rings. The zero-order valence-electron chi connectivity index (χ0n) is 14.1. The van der Waals surface area contributed by atoms with E-state index in [4.69, 9.17) is 0 Å². The summed E-state index contributed by atoms with van der Waals surface area (Å²) in [6.45, 7) is 9.94. The predicted octanol–water partition coefficient (Wildman–Crippen LogP) is 4.59. The van der Waals surface area contributed by atoms with Crippen molar-refractivity contribution in [2.75, 3.05) is 18.0 Å². The van der Waals surface area contributed by atoms with Gasteiger partial charge in [-0.05, 0) is 57.2 Å². The smallest absolute Gasteiger partial charge is 0.0366 e. The second kappa shape index (κ2) is 8.43. The van der Waals surface area contributed by atoms with Gasteiger partial charge in [0.1, 0.15) is 0 Å². The summed E-state index contributed by atoms with van der Waals surface area (Å²) >= 11 is 0. The van der Waals surface area contributed by atoms with Gasteiger partial charge in [0.05, 0.1) is 0 Å². The summed E-state index contributed by atoms with van der Waals surface area (Å²) in [7, 11) is 0. The first-order valence-corrected chi connectivity index (χ1v) is 8.81. The third kappa shape index (κ3) is 4.74. The van der Waals surface area contributed by atoms with Crippen LogP contribution >= 0.6 is 0 Å². The molecular weight excluding hydrogens is 256 g/mol. The Morgan fingerprint density at radius 3 is 2.24 bits per heavy atom. The molecule has 0 aromatic heterocycles. The lowest BCUT2D eigenvalue weighted by Gasteiger charge is -2.28. The van der Waals surface area contributed by atoms with E-state index in [1.807, 2.05) is 0 Å². The number of nitrogens with one attached hydrogen (secondary N) is 1. The van der Waals surface area contributed by atoms with Gasteiger partial charge in [0.25, 0.3) is 0 Å². The molecule has 1 saturated carbocycles. The third-order valence-corrected chi connectivity index (χ3v) is 5.05. The van der Waals surface area contributed by atoms with Gasteiger partial charge < -0.3 is 10.2 Å². The van der Waals surface area contributed by atoms with E-state index in [0.29, 0.717) is 6.04 Å². The molecule has 118 valence electrons. The lowest BCUT2D eigenvalue weighted by molar-refractivity contribution is 0.280. The Labute approximate surface area is 130 Å². The Morgan fingerprint density at radius 1 is 1.05 bits per heavy atom. The minimum Gasteiger partial charge on any atom is -0.372 e. The van der Waals surface area contributed by atoms with Crippen molar-refractivity contribution in [3.63, 3.8) is 0 Å². The van der Waals surface area contributed by atoms with Crippen LogP contribution in [0.4, 0.5) is 5.69 Å². The van der Waals surface area contributed by atoms with E-state index in [-0.39, 0.29) is 0 Å². The van der Waals surface area contributed by atoms with Crippen molar-refractivity contribution in [1.82, 2.24) is 5.32 Å². The molecule has 1 aromatic rings. The van der Waals surface area contributed by atoms with Crippen LogP contribution in [0.25, 0.3) is 0 Å². The van der Waals surface area contributed by atoms with Crippen LogP contribution in [0.15, 0.2) is 24.3 Å². The summed E-state index contributed by atoms with van der Waals surface area (Å²) in [6, 6.07) is 9.71. The first-order chi connectivity index (χ1) is 10.2. The van der Waals surface area contributed by atoms with Crippen molar-refractivity contribution in [3.05, 3.63) is 29.8 Å². The summed E-state index contributed by atoms with van der Waals surface area (Å²) in [5.41, 5.74) is 2.73. The van der Waals surface area contributed by atoms with E-state index in [1.54, 1.807) is 0 Å². The number of benzene rings is 1. The Hall–Kier alpha value is -1.02. The molecule has 1 atom stereocenters. The first-order valence-electron chi connectivity index (χ1n) is 8.81. The standard InChI is InChI=1S/C19H32N2/c1-4-21(5-2)19-13-11-17(12-14-19)15-20-16(3)18-9-7-6-8-10-18/h11-14,16,18,20H,4-10,15H2,1-3H3/t16-/m1/s1. The van der Waals surface area contributed by atoms with Gasteiger partial charge in [-0.25, -0.2) is 0 Å². The van der Waals surface area contributed by atoms with E-state index < -0.39 is 0 Å². The molecule has 0 unspecified atom stereocenters. The Kier molecular flexibility index (Phi) is 6.56. The molecular formula is C19H32N2. The normalized spacial score (nSPS) is 17.7. The third-order valence-electron chi connectivity index (χ3n) is 5.05. The van der Waals surface area contributed by atoms with Gasteiger partial charge in [0, 0.05) is 31.4 Å². The van der Waals surface area contributed by atoms with Crippen molar-refractivity contribution in [2.45, 2.75) is 65.5 Å². The van der Waals surface area contributed by atoms with E-state index in [9.17, 15) is 0 Å². The molecule has 2 heteroatoms.